The van der Waals surface area contributed by atoms with E-state index in [9.17, 15) is 4.79 Å². The zero-order valence-electron chi connectivity index (χ0n) is 9.44. The Bertz CT molecular complexity index is 385. The van der Waals surface area contributed by atoms with Gasteiger partial charge >= 0.3 is 0 Å². The molecule has 16 heavy (non-hydrogen) atoms. The second kappa shape index (κ2) is 6.33. The minimum atomic E-state index is -0.374. The molecule has 86 valence electrons. The molecule has 1 unspecified atom stereocenters. The fourth-order valence-corrected chi connectivity index (χ4v) is 1.88. The van der Waals surface area contributed by atoms with Crippen LogP contribution >= 0.6 is 11.6 Å². The van der Waals surface area contributed by atoms with E-state index < -0.39 is 0 Å². The summed E-state index contributed by atoms with van der Waals surface area (Å²) in [6.45, 7) is 4.41. The molecule has 0 spiro atoms. The van der Waals surface area contributed by atoms with E-state index in [4.69, 9.17) is 16.3 Å². The van der Waals surface area contributed by atoms with Crippen molar-refractivity contribution in [2.24, 2.45) is 0 Å². The molecule has 1 rings (SSSR count). The maximum atomic E-state index is 10.5. The van der Waals surface area contributed by atoms with Crippen LogP contribution in [-0.2, 0) is 9.53 Å². The van der Waals surface area contributed by atoms with Crippen LogP contribution in [0.3, 0.4) is 0 Å². The van der Waals surface area contributed by atoms with Gasteiger partial charge in [0.1, 0.15) is 6.10 Å². The highest BCUT2D eigenvalue weighted by molar-refractivity contribution is 6.31. The summed E-state index contributed by atoms with van der Waals surface area (Å²) in [4.78, 5) is 10.5. The smallest absolute Gasteiger partial charge is 0.294 e. The van der Waals surface area contributed by atoms with Crippen LogP contribution in [0.4, 0.5) is 0 Å². The van der Waals surface area contributed by atoms with Crippen molar-refractivity contribution in [2.75, 3.05) is 0 Å². The molecule has 1 aromatic carbocycles. The van der Waals surface area contributed by atoms with Gasteiger partial charge in [-0.2, -0.15) is 0 Å². The Morgan fingerprint density at radius 1 is 1.50 bits per heavy atom. The highest BCUT2D eigenvalue weighted by atomic mass is 35.5. The Labute approximate surface area is 101 Å². The molecule has 0 radical (unpaired) electrons. The molecule has 0 fully saturated rings. The summed E-state index contributed by atoms with van der Waals surface area (Å²) in [7, 11) is 0. The first-order valence-electron chi connectivity index (χ1n) is 5.23. The molecule has 1 aromatic rings. The van der Waals surface area contributed by atoms with Crippen molar-refractivity contribution >= 4 is 18.1 Å². The zero-order chi connectivity index (χ0) is 12.0. The van der Waals surface area contributed by atoms with Gasteiger partial charge in [0, 0.05) is 10.6 Å². The SMILES string of the molecule is C/C=C(\CC)C(OC=O)c1ccccc1Cl. The average molecular weight is 239 g/mol. The number of carbonyl (C=O) groups is 1. The number of rotatable bonds is 5. The lowest BCUT2D eigenvalue weighted by atomic mass is 9.99. The molecule has 0 bridgehead atoms. The summed E-state index contributed by atoms with van der Waals surface area (Å²) in [5.41, 5.74) is 1.87. The zero-order valence-corrected chi connectivity index (χ0v) is 10.2. The first-order chi connectivity index (χ1) is 7.74. The summed E-state index contributed by atoms with van der Waals surface area (Å²) < 4.78 is 5.12. The largest absolute Gasteiger partial charge is 0.455 e. The summed E-state index contributed by atoms with van der Waals surface area (Å²) >= 11 is 6.09. The molecule has 0 saturated heterocycles. The summed E-state index contributed by atoms with van der Waals surface area (Å²) in [5.74, 6) is 0. The summed E-state index contributed by atoms with van der Waals surface area (Å²) in [6.07, 6.45) is 2.40. The molecule has 0 N–H and O–H groups in total. The van der Waals surface area contributed by atoms with E-state index in [2.05, 4.69) is 0 Å². The van der Waals surface area contributed by atoms with Crippen LogP contribution in [0.5, 0.6) is 0 Å². The Hall–Kier alpha value is -1.28. The number of ether oxygens (including phenoxy) is 1. The standard InChI is InChI=1S/C13H15ClO2/c1-3-10(4-2)13(16-9-15)11-7-5-6-8-12(11)14/h3,5-9,13H,4H2,1-2H3/b10-3+. The lowest BCUT2D eigenvalue weighted by Gasteiger charge is -2.19. The van der Waals surface area contributed by atoms with Crippen LogP contribution in [-0.4, -0.2) is 6.47 Å². The number of hydrogen-bond donors (Lipinski definition) is 0. The third kappa shape index (κ3) is 2.86. The van der Waals surface area contributed by atoms with Gasteiger partial charge in [-0.3, -0.25) is 4.79 Å². The van der Waals surface area contributed by atoms with Gasteiger partial charge in [-0.05, 0) is 25.0 Å². The third-order valence-electron chi connectivity index (χ3n) is 2.50. The average Bonchev–Trinajstić information content (AvgIpc) is 2.30. The third-order valence-corrected chi connectivity index (χ3v) is 2.84. The van der Waals surface area contributed by atoms with Crippen LogP contribution < -0.4 is 0 Å². The quantitative estimate of drug-likeness (QED) is 0.574. The normalized spacial score (nSPS) is 13.3. The maximum absolute atomic E-state index is 10.5. The van der Waals surface area contributed by atoms with Crippen molar-refractivity contribution in [1.82, 2.24) is 0 Å². The highest BCUT2D eigenvalue weighted by Crippen LogP contribution is 2.32. The molecular formula is C13H15ClO2. The van der Waals surface area contributed by atoms with Gasteiger partial charge in [-0.15, -0.1) is 0 Å². The lowest BCUT2D eigenvalue weighted by molar-refractivity contribution is -0.132. The van der Waals surface area contributed by atoms with E-state index in [-0.39, 0.29) is 6.10 Å². The van der Waals surface area contributed by atoms with Crippen molar-refractivity contribution < 1.29 is 9.53 Å². The molecule has 3 heteroatoms. The Balaban J connectivity index is 3.12. The van der Waals surface area contributed by atoms with Gasteiger partial charge in [0.05, 0.1) is 0 Å². The second-order valence-electron chi connectivity index (χ2n) is 3.35. The monoisotopic (exact) mass is 238 g/mol. The number of allylic oxidation sites excluding steroid dienone is 1. The van der Waals surface area contributed by atoms with E-state index in [1.165, 1.54) is 0 Å². The number of halogens is 1. The fraction of sp³-hybridized carbons (Fsp3) is 0.308. The van der Waals surface area contributed by atoms with Crippen molar-refractivity contribution in [2.45, 2.75) is 26.4 Å². The van der Waals surface area contributed by atoms with E-state index >= 15 is 0 Å². The van der Waals surface area contributed by atoms with Crippen LogP contribution in [0.1, 0.15) is 31.9 Å². The molecule has 0 aromatic heterocycles. The van der Waals surface area contributed by atoms with E-state index in [1.807, 2.05) is 38.1 Å². The van der Waals surface area contributed by atoms with Crippen LogP contribution in [0.25, 0.3) is 0 Å². The molecule has 0 aliphatic carbocycles. The highest BCUT2D eigenvalue weighted by Gasteiger charge is 2.18. The van der Waals surface area contributed by atoms with Gasteiger partial charge in [0.15, 0.2) is 0 Å². The van der Waals surface area contributed by atoms with Crippen molar-refractivity contribution in [3.63, 3.8) is 0 Å². The molecule has 1 atom stereocenters. The molecule has 0 saturated carbocycles. The topological polar surface area (TPSA) is 26.3 Å². The molecule has 0 amide bonds. The van der Waals surface area contributed by atoms with Crippen LogP contribution in [0.15, 0.2) is 35.9 Å². The van der Waals surface area contributed by atoms with E-state index in [0.29, 0.717) is 11.5 Å². The van der Waals surface area contributed by atoms with Gasteiger partial charge in [-0.25, -0.2) is 0 Å². The fourth-order valence-electron chi connectivity index (χ4n) is 1.64. The summed E-state index contributed by atoms with van der Waals surface area (Å²) in [6, 6.07) is 7.40. The predicted octanol–water partition coefficient (Wildman–Crippen LogP) is 3.91. The van der Waals surface area contributed by atoms with Gasteiger partial charge in [0.25, 0.3) is 6.47 Å². The molecule has 2 nitrogen and oxygen atoms in total. The summed E-state index contributed by atoms with van der Waals surface area (Å²) in [5, 5.41) is 0.613. The number of carbonyl (C=O) groups excluding carboxylic acids is 1. The first-order valence-corrected chi connectivity index (χ1v) is 5.61. The van der Waals surface area contributed by atoms with Gasteiger partial charge in [-0.1, -0.05) is 42.8 Å². The first kappa shape index (κ1) is 12.8. The Kier molecular flexibility index (Phi) is 5.06. The van der Waals surface area contributed by atoms with Crippen molar-refractivity contribution in [1.29, 1.82) is 0 Å². The van der Waals surface area contributed by atoms with Crippen LogP contribution in [0, 0.1) is 0 Å². The van der Waals surface area contributed by atoms with Crippen molar-refractivity contribution in [3.8, 4) is 0 Å². The number of hydrogen-bond acceptors (Lipinski definition) is 2. The van der Waals surface area contributed by atoms with E-state index in [0.717, 1.165) is 17.6 Å². The number of benzene rings is 1. The van der Waals surface area contributed by atoms with Gasteiger partial charge < -0.3 is 4.74 Å². The Morgan fingerprint density at radius 2 is 2.19 bits per heavy atom. The minimum absolute atomic E-state index is 0.374. The predicted molar refractivity (Wildman–Crippen MR) is 65.4 cm³/mol. The lowest BCUT2D eigenvalue weighted by Crippen LogP contribution is -2.07. The molecular weight excluding hydrogens is 224 g/mol. The van der Waals surface area contributed by atoms with Crippen molar-refractivity contribution in [3.05, 3.63) is 46.5 Å². The Morgan fingerprint density at radius 3 is 2.69 bits per heavy atom. The maximum Gasteiger partial charge on any atom is 0.294 e. The minimum Gasteiger partial charge on any atom is -0.455 e. The van der Waals surface area contributed by atoms with E-state index in [1.54, 1.807) is 6.07 Å². The van der Waals surface area contributed by atoms with Gasteiger partial charge in [0.2, 0.25) is 0 Å². The second-order valence-corrected chi connectivity index (χ2v) is 3.76. The molecule has 0 aliphatic heterocycles. The van der Waals surface area contributed by atoms with Crippen LogP contribution in [0.2, 0.25) is 5.02 Å². The molecule has 0 aliphatic rings. The molecule has 0 heterocycles.